The molecule has 1 aromatic rings. The molecule has 0 aliphatic carbocycles. The summed E-state index contributed by atoms with van der Waals surface area (Å²) in [6.45, 7) is -0.0817. The van der Waals surface area contributed by atoms with E-state index in [9.17, 15) is 23.3 Å². The maximum atomic E-state index is 11.4. The third-order valence-corrected chi connectivity index (χ3v) is 3.07. The molecule has 9 nitrogen and oxygen atoms in total. The quantitative estimate of drug-likeness (QED) is 0.409. The van der Waals surface area contributed by atoms with E-state index in [1.807, 2.05) is 0 Å². The maximum Gasteiger partial charge on any atom is 0.382 e. The summed E-state index contributed by atoms with van der Waals surface area (Å²) >= 11 is 0. The molecule has 0 saturated heterocycles. The Balaban J connectivity index is 2.53. The van der Waals surface area contributed by atoms with Crippen LogP contribution >= 0.6 is 0 Å². The molecule has 0 saturated carbocycles. The van der Waals surface area contributed by atoms with E-state index in [4.69, 9.17) is 5.11 Å². The zero-order chi connectivity index (χ0) is 15.2. The minimum atomic E-state index is -4.08. The molecule has 0 atom stereocenters. The standard InChI is InChI=1S/C10H12N2O7S/c13-10(14)2-1-7-11-20(17,18)19-9-5-3-8(4-6-9)12(15)16/h3-6,11H,1-2,7H2,(H,13,14). The van der Waals surface area contributed by atoms with E-state index in [0.29, 0.717) is 0 Å². The Morgan fingerprint density at radius 3 is 2.45 bits per heavy atom. The van der Waals surface area contributed by atoms with Crippen molar-refractivity contribution >= 4 is 22.0 Å². The van der Waals surface area contributed by atoms with E-state index in [1.165, 1.54) is 0 Å². The van der Waals surface area contributed by atoms with E-state index in [1.54, 1.807) is 0 Å². The first-order valence-electron chi connectivity index (χ1n) is 5.45. The van der Waals surface area contributed by atoms with Crippen molar-refractivity contribution in [3.8, 4) is 5.75 Å². The number of non-ortho nitro benzene ring substituents is 1. The Labute approximate surface area is 114 Å². The van der Waals surface area contributed by atoms with Crippen LogP contribution in [-0.2, 0) is 15.1 Å². The molecule has 0 spiro atoms. The Morgan fingerprint density at radius 2 is 1.95 bits per heavy atom. The van der Waals surface area contributed by atoms with Crippen LogP contribution in [0.3, 0.4) is 0 Å². The van der Waals surface area contributed by atoms with Gasteiger partial charge in [-0.25, -0.2) is 0 Å². The third kappa shape index (κ3) is 5.63. The summed E-state index contributed by atoms with van der Waals surface area (Å²) in [6, 6.07) is 4.51. The summed E-state index contributed by atoms with van der Waals surface area (Å²) in [5, 5.41) is 18.8. The highest BCUT2D eigenvalue weighted by Crippen LogP contribution is 2.18. The number of carboxylic acids is 1. The smallest absolute Gasteiger partial charge is 0.382 e. The summed E-state index contributed by atoms with van der Waals surface area (Å²) in [7, 11) is -4.08. The van der Waals surface area contributed by atoms with Gasteiger partial charge in [-0.1, -0.05) is 0 Å². The van der Waals surface area contributed by atoms with Gasteiger partial charge in [0, 0.05) is 25.1 Å². The molecule has 0 unspecified atom stereocenters. The summed E-state index contributed by atoms with van der Waals surface area (Å²) in [4.78, 5) is 20.0. The Bertz CT molecular complexity index is 582. The molecular weight excluding hydrogens is 292 g/mol. The highest BCUT2D eigenvalue weighted by molar-refractivity contribution is 7.85. The van der Waals surface area contributed by atoms with E-state index in [2.05, 4.69) is 8.91 Å². The SMILES string of the molecule is O=C(O)CCCNS(=O)(=O)Oc1ccc([N+](=O)[O-])cc1. The fraction of sp³-hybridized carbons (Fsp3) is 0.300. The van der Waals surface area contributed by atoms with Crippen LogP contribution in [0.2, 0.25) is 0 Å². The molecule has 1 aromatic carbocycles. The molecule has 0 radical (unpaired) electrons. The number of benzene rings is 1. The number of nitro benzene ring substituents is 1. The van der Waals surface area contributed by atoms with Gasteiger partial charge in [-0.2, -0.15) is 13.1 Å². The number of rotatable bonds is 8. The molecule has 110 valence electrons. The summed E-state index contributed by atoms with van der Waals surface area (Å²) in [5.74, 6) is -1.11. The van der Waals surface area contributed by atoms with Gasteiger partial charge in [-0.3, -0.25) is 14.9 Å². The van der Waals surface area contributed by atoms with Crippen LogP contribution in [0.25, 0.3) is 0 Å². The number of nitrogens with one attached hydrogen (secondary N) is 1. The first-order chi connectivity index (χ1) is 9.30. The van der Waals surface area contributed by atoms with Crippen molar-refractivity contribution in [2.45, 2.75) is 12.8 Å². The highest BCUT2D eigenvalue weighted by atomic mass is 32.2. The number of carbonyl (C=O) groups is 1. The normalized spacial score (nSPS) is 11.0. The number of hydrogen-bond acceptors (Lipinski definition) is 6. The summed E-state index contributed by atoms with van der Waals surface area (Å²) in [5.41, 5.74) is -0.191. The second kappa shape index (κ2) is 6.82. The molecule has 0 bridgehead atoms. The van der Waals surface area contributed by atoms with Gasteiger partial charge in [0.25, 0.3) is 5.69 Å². The Kier molecular flexibility index (Phi) is 5.41. The first kappa shape index (κ1) is 15.9. The second-order valence-corrected chi connectivity index (χ2v) is 5.04. The molecule has 0 amide bonds. The van der Waals surface area contributed by atoms with Gasteiger partial charge in [0.05, 0.1) is 4.92 Å². The number of aliphatic carboxylic acids is 1. The van der Waals surface area contributed by atoms with Crippen molar-refractivity contribution < 1.29 is 27.4 Å². The van der Waals surface area contributed by atoms with Gasteiger partial charge >= 0.3 is 16.3 Å². The van der Waals surface area contributed by atoms with Crippen LogP contribution in [-0.4, -0.2) is 31.0 Å². The molecule has 0 aromatic heterocycles. The van der Waals surface area contributed by atoms with Crippen molar-refractivity contribution in [3.63, 3.8) is 0 Å². The van der Waals surface area contributed by atoms with Gasteiger partial charge in [0.2, 0.25) is 0 Å². The van der Waals surface area contributed by atoms with E-state index >= 15 is 0 Å². The average Bonchev–Trinajstić information content (AvgIpc) is 2.34. The monoisotopic (exact) mass is 304 g/mol. The molecule has 0 heterocycles. The lowest BCUT2D eigenvalue weighted by Gasteiger charge is -2.07. The molecule has 0 aliphatic heterocycles. The van der Waals surface area contributed by atoms with Crippen LogP contribution in [0, 0.1) is 10.1 Å². The predicted octanol–water partition coefficient (Wildman–Crippen LogP) is 0.673. The van der Waals surface area contributed by atoms with Gasteiger partial charge in [-0.05, 0) is 18.6 Å². The third-order valence-electron chi connectivity index (χ3n) is 2.10. The maximum absolute atomic E-state index is 11.4. The molecule has 2 N–H and O–H groups in total. The zero-order valence-electron chi connectivity index (χ0n) is 10.2. The van der Waals surface area contributed by atoms with Crippen LogP contribution in [0.4, 0.5) is 5.69 Å². The zero-order valence-corrected chi connectivity index (χ0v) is 11.0. The number of hydrogen-bond donors (Lipinski definition) is 2. The molecule has 1 rings (SSSR count). The van der Waals surface area contributed by atoms with Crippen molar-refractivity contribution in [2.24, 2.45) is 0 Å². The minimum Gasteiger partial charge on any atom is -0.481 e. The fourth-order valence-electron chi connectivity index (χ4n) is 1.22. The molecule has 0 fully saturated rings. The van der Waals surface area contributed by atoms with Crippen LogP contribution < -0.4 is 8.91 Å². The molecule has 10 heteroatoms. The number of carboxylic acid groups (broad SMARTS) is 1. The van der Waals surface area contributed by atoms with Crippen LogP contribution in [0.15, 0.2) is 24.3 Å². The van der Waals surface area contributed by atoms with Crippen molar-refractivity contribution in [2.75, 3.05) is 6.54 Å². The Hall–Kier alpha value is -2.20. The fourth-order valence-corrected chi connectivity index (χ4v) is 2.03. The summed E-state index contributed by atoms with van der Waals surface area (Å²) in [6.07, 6.45) is -0.0434. The lowest BCUT2D eigenvalue weighted by atomic mass is 10.3. The molecule has 0 aliphatic rings. The van der Waals surface area contributed by atoms with Crippen molar-refractivity contribution in [1.29, 1.82) is 0 Å². The minimum absolute atomic E-state index is 0.0817. The molecular formula is C10H12N2O7S. The first-order valence-corrected chi connectivity index (χ1v) is 6.86. The van der Waals surface area contributed by atoms with Crippen LogP contribution in [0.5, 0.6) is 5.75 Å². The van der Waals surface area contributed by atoms with Gasteiger partial charge in [0.15, 0.2) is 0 Å². The van der Waals surface area contributed by atoms with Gasteiger partial charge < -0.3 is 9.29 Å². The van der Waals surface area contributed by atoms with Gasteiger partial charge in [0.1, 0.15) is 5.75 Å². The lowest BCUT2D eigenvalue weighted by Crippen LogP contribution is -2.29. The predicted molar refractivity (Wildman–Crippen MR) is 67.5 cm³/mol. The topological polar surface area (TPSA) is 136 Å². The number of nitro groups is 1. The lowest BCUT2D eigenvalue weighted by molar-refractivity contribution is -0.384. The van der Waals surface area contributed by atoms with Crippen molar-refractivity contribution in [3.05, 3.63) is 34.4 Å². The highest BCUT2D eigenvalue weighted by Gasteiger charge is 2.13. The average molecular weight is 304 g/mol. The summed E-state index contributed by atoms with van der Waals surface area (Å²) < 4.78 is 29.6. The van der Waals surface area contributed by atoms with Crippen LogP contribution in [0.1, 0.15) is 12.8 Å². The largest absolute Gasteiger partial charge is 0.481 e. The second-order valence-electron chi connectivity index (χ2n) is 3.68. The molecule has 20 heavy (non-hydrogen) atoms. The van der Waals surface area contributed by atoms with E-state index in [0.717, 1.165) is 24.3 Å². The Morgan fingerprint density at radius 1 is 1.35 bits per heavy atom. The van der Waals surface area contributed by atoms with Gasteiger partial charge in [-0.15, -0.1) is 0 Å². The van der Waals surface area contributed by atoms with Crippen molar-refractivity contribution in [1.82, 2.24) is 4.72 Å². The van der Waals surface area contributed by atoms with E-state index in [-0.39, 0.29) is 30.8 Å². The van der Waals surface area contributed by atoms with E-state index < -0.39 is 21.2 Å². The number of nitrogens with zero attached hydrogens (tertiary/aromatic N) is 1.